The van der Waals surface area contributed by atoms with Gasteiger partial charge in [-0.1, -0.05) is 18.5 Å². The number of amides is 2. The lowest BCUT2D eigenvalue weighted by molar-refractivity contribution is -0.126. The number of aliphatic hydroxyl groups excluding tert-OH is 1. The quantitative estimate of drug-likeness (QED) is 0.503. The van der Waals surface area contributed by atoms with Gasteiger partial charge in [0.1, 0.15) is 23.6 Å². The van der Waals surface area contributed by atoms with Crippen molar-refractivity contribution in [1.29, 1.82) is 0 Å². The fraction of sp³-hybridized carbons (Fsp3) is 0.600. The average Bonchev–Trinajstić information content (AvgIpc) is 2.83. The SMILES string of the molecule is CCC1CN(C(=O)OC(C)(C)C)C(C(=O)NC)CNc2nc(C)c(CO)c3c(F)c(Cl)nc(c23)OC1C. The second-order valence-electron chi connectivity index (χ2n) is 10.1. The molecule has 0 saturated heterocycles. The fourth-order valence-electron chi connectivity index (χ4n) is 4.38. The minimum absolute atomic E-state index is 0.0347. The van der Waals surface area contributed by atoms with Gasteiger partial charge in [-0.2, -0.15) is 4.98 Å². The topological polar surface area (TPSA) is 126 Å². The first-order valence-electron chi connectivity index (χ1n) is 12.2. The van der Waals surface area contributed by atoms with Crippen LogP contribution in [0.1, 0.15) is 52.3 Å². The summed E-state index contributed by atoms with van der Waals surface area (Å²) in [6.45, 7) is 10.2. The molecule has 0 fully saturated rings. The van der Waals surface area contributed by atoms with Gasteiger partial charge in [0.2, 0.25) is 11.8 Å². The average molecular weight is 540 g/mol. The molecule has 0 aliphatic carbocycles. The maximum absolute atomic E-state index is 15.3. The summed E-state index contributed by atoms with van der Waals surface area (Å²) in [5.74, 6) is -1.25. The van der Waals surface area contributed by atoms with Crippen LogP contribution < -0.4 is 15.4 Å². The third kappa shape index (κ3) is 5.98. The zero-order chi connectivity index (χ0) is 27.7. The number of nitrogens with one attached hydrogen (secondary N) is 2. The standard InChI is InChI=1S/C25H35ClFN5O5/c1-8-14-10-32(24(35)37-25(4,5)6)16(22(34)28-7)9-29-21-18-17(15(11-33)12(2)30-21)19(27)20(26)31-23(18)36-13(14)3/h13-14,16,33H,8-11H2,1-7H3,(H,28,34)(H,29,30). The zero-order valence-electron chi connectivity index (χ0n) is 22.2. The Morgan fingerprint density at radius 3 is 2.57 bits per heavy atom. The number of aliphatic hydroxyl groups is 1. The van der Waals surface area contributed by atoms with E-state index in [1.165, 1.54) is 11.9 Å². The van der Waals surface area contributed by atoms with Crippen LogP contribution in [0, 0.1) is 18.7 Å². The van der Waals surface area contributed by atoms with Crippen molar-refractivity contribution in [3.63, 3.8) is 0 Å². The monoisotopic (exact) mass is 539 g/mol. The third-order valence-electron chi connectivity index (χ3n) is 6.41. The number of carbonyl (C=O) groups is 2. The lowest BCUT2D eigenvalue weighted by Gasteiger charge is -2.35. The molecule has 37 heavy (non-hydrogen) atoms. The first kappa shape index (κ1) is 28.6. The summed E-state index contributed by atoms with van der Waals surface area (Å²) in [6, 6.07) is -0.984. The summed E-state index contributed by atoms with van der Waals surface area (Å²) in [5, 5.41) is 15.5. The Kier molecular flexibility index (Phi) is 8.69. The Bertz CT molecular complexity index is 1190. The maximum atomic E-state index is 15.3. The van der Waals surface area contributed by atoms with Crippen LogP contribution in [0.15, 0.2) is 0 Å². The lowest BCUT2D eigenvalue weighted by atomic mass is 9.99. The number of aryl methyl sites for hydroxylation is 1. The number of pyridine rings is 2. The van der Waals surface area contributed by atoms with Crippen LogP contribution in [0.3, 0.4) is 0 Å². The van der Waals surface area contributed by atoms with Gasteiger partial charge >= 0.3 is 6.09 Å². The number of hydrogen-bond donors (Lipinski definition) is 3. The zero-order valence-corrected chi connectivity index (χ0v) is 23.0. The number of nitrogens with zero attached hydrogens (tertiary/aromatic N) is 3. The van der Waals surface area contributed by atoms with Crippen molar-refractivity contribution in [2.75, 3.05) is 25.5 Å². The van der Waals surface area contributed by atoms with E-state index in [1.54, 1.807) is 34.6 Å². The molecule has 1 aliphatic heterocycles. The van der Waals surface area contributed by atoms with Crippen LogP contribution in [0.2, 0.25) is 5.15 Å². The highest BCUT2D eigenvalue weighted by Gasteiger charge is 2.37. The number of rotatable bonds is 3. The molecule has 0 radical (unpaired) electrons. The molecule has 0 bridgehead atoms. The Balaban J connectivity index is 2.26. The summed E-state index contributed by atoms with van der Waals surface area (Å²) < 4.78 is 27.2. The normalized spacial score (nSPS) is 20.5. The molecule has 3 rings (SSSR count). The van der Waals surface area contributed by atoms with Crippen molar-refractivity contribution in [2.45, 2.75) is 72.3 Å². The minimum Gasteiger partial charge on any atom is -0.474 e. The first-order chi connectivity index (χ1) is 17.3. The molecule has 0 saturated carbocycles. The molecule has 3 heterocycles. The molecular formula is C25H35ClFN5O5. The molecule has 2 amide bonds. The minimum atomic E-state index is -0.984. The number of likely N-dealkylation sites (N-methyl/N-ethyl adjacent to an activating group) is 1. The number of ether oxygens (including phenoxy) is 2. The number of halogens is 2. The van der Waals surface area contributed by atoms with E-state index >= 15 is 4.39 Å². The van der Waals surface area contributed by atoms with Gasteiger partial charge in [0.05, 0.1) is 12.0 Å². The number of carbonyl (C=O) groups excluding carboxylic acids is 2. The largest absolute Gasteiger partial charge is 0.474 e. The van der Waals surface area contributed by atoms with Crippen molar-refractivity contribution < 1.29 is 28.6 Å². The van der Waals surface area contributed by atoms with E-state index < -0.39 is 47.3 Å². The van der Waals surface area contributed by atoms with Gasteiger partial charge in [-0.05, 0) is 41.0 Å². The van der Waals surface area contributed by atoms with E-state index in [0.29, 0.717) is 12.1 Å². The van der Waals surface area contributed by atoms with Gasteiger partial charge in [0, 0.05) is 42.7 Å². The van der Waals surface area contributed by atoms with Crippen LogP contribution >= 0.6 is 11.6 Å². The Labute approximate surface area is 220 Å². The van der Waals surface area contributed by atoms with Crippen molar-refractivity contribution in [3.8, 4) is 5.88 Å². The summed E-state index contributed by atoms with van der Waals surface area (Å²) in [6.07, 6.45) is -0.586. The Morgan fingerprint density at radius 1 is 1.32 bits per heavy atom. The molecule has 1 aliphatic rings. The highest BCUT2D eigenvalue weighted by Crippen LogP contribution is 2.39. The van der Waals surface area contributed by atoms with Crippen molar-refractivity contribution in [1.82, 2.24) is 20.2 Å². The Hall–Kier alpha value is -2.92. The lowest BCUT2D eigenvalue weighted by Crippen LogP contribution is -2.55. The van der Waals surface area contributed by atoms with Gasteiger partial charge in [-0.15, -0.1) is 0 Å². The molecule has 10 nitrogen and oxygen atoms in total. The van der Waals surface area contributed by atoms with Gasteiger partial charge in [0.15, 0.2) is 11.0 Å². The highest BCUT2D eigenvalue weighted by atomic mass is 35.5. The smallest absolute Gasteiger partial charge is 0.411 e. The predicted octanol–water partition coefficient (Wildman–Crippen LogP) is 3.79. The molecule has 204 valence electrons. The van der Waals surface area contributed by atoms with Crippen LogP contribution in [-0.4, -0.2) is 69.9 Å². The fourth-order valence-corrected chi connectivity index (χ4v) is 4.56. The highest BCUT2D eigenvalue weighted by molar-refractivity contribution is 6.30. The number of aromatic nitrogens is 2. The second-order valence-corrected chi connectivity index (χ2v) is 10.4. The maximum Gasteiger partial charge on any atom is 0.411 e. The number of hydrogen-bond acceptors (Lipinski definition) is 8. The molecule has 12 heteroatoms. The predicted molar refractivity (Wildman–Crippen MR) is 138 cm³/mol. The van der Waals surface area contributed by atoms with Crippen molar-refractivity contribution >= 4 is 40.2 Å². The van der Waals surface area contributed by atoms with Gasteiger partial charge in [-0.25, -0.2) is 14.2 Å². The third-order valence-corrected chi connectivity index (χ3v) is 6.66. The summed E-state index contributed by atoms with van der Waals surface area (Å²) in [5.41, 5.74) is -0.174. The van der Waals surface area contributed by atoms with Gasteiger partial charge in [-0.3, -0.25) is 9.69 Å². The molecule has 2 aromatic heterocycles. The Morgan fingerprint density at radius 2 is 2.00 bits per heavy atom. The molecule has 2 aromatic rings. The molecule has 0 spiro atoms. The van der Waals surface area contributed by atoms with Gasteiger partial charge in [0.25, 0.3) is 0 Å². The van der Waals surface area contributed by atoms with E-state index in [1.807, 2.05) is 6.92 Å². The van der Waals surface area contributed by atoms with E-state index in [9.17, 15) is 14.7 Å². The van der Waals surface area contributed by atoms with E-state index in [0.717, 1.165) is 0 Å². The first-order valence-corrected chi connectivity index (χ1v) is 12.6. The second kappa shape index (κ2) is 11.2. The molecule has 0 aromatic carbocycles. The van der Waals surface area contributed by atoms with Crippen LogP contribution in [0.5, 0.6) is 5.88 Å². The van der Waals surface area contributed by atoms with E-state index in [-0.39, 0.29) is 47.0 Å². The van der Waals surface area contributed by atoms with Crippen LogP contribution in [0.25, 0.3) is 10.8 Å². The van der Waals surface area contributed by atoms with Crippen molar-refractivity contribution in [2.24, 2.45) is 5.92 Å². The summed E-state index contributed by atoms with van der Waals surface area (Å²) in [7, 11) is 1.48. The number of anilines is 1. The van der Waals surface area contributed by atoms with Crippen molar-refractivity contribution in [3.05, 3.63) is 22.2 Å². The molecule has 3 unspecified atom stereocenters. The van der Waals surface area contributed by atoms with E-state index in [4.69, 9.17) is 21.1 Å². The molecule has 3 atom stereocenters. The molecule has 3 N–H and O–H groups in total. The van der Waals surface area contributed by atoms with Crippen LogP contribution in [0.4, 0.5) is 15.0 Å². The molecular weight excluding hydrogens is 505 g/mol. The summed E-state index contributed by atoms with van der Waals surface area (Å²) in [4.78, 5) is 36.4. The van der Waals surface area contributed by atoms with Crippen LogP contribution in [-0.2, 0) is 16.1 Å². The van der Waals surface area contributed by atoms with Gasteiger partial charge < -0.3 is 25.2 Å². The van der Waals surface area contributed by atoms with E-state index in [2.05, 4.69) is 20.6 Å². The summed E-state index contributed by atoms with van der Waals surface area (Å²) >= 11 is 6.15.